The summed E-state index contributed by atoms with van der Waals surface area (Å²) in [6.07, 6.45) is 5.94. The molecule has 1 N–H and O–H groups in total. The lowest BCUT2D eigenvalue weighted by Crippen LogP contribution is -2.28. The van der Waals surface area contributed by atoms with Crippen LogP contribution in [0.25, 0.3) is 0 Å². The molecule has 0 aliphatic heterocycles. The molecule has 1 aliphatic rings. The third-order valence-electron chi connectivity index (χ3n) is 2.88. The van der Waals surface area contributed by atoms with Gasteiger partial charge in [0.25, 0.3) is 0 Å². The van der Waals surface area contributed by atoms with Gasteiger partial charge in [-0.15, -0.1) is 0 Å². The molecule has 0 aromatic carbocycles. The topological polar surface area (TPSA) is 38.0 Å². The highest BCUT2D eigenvalue weighted by Crippen LogP contribution is 2.44. The van der Waals surface area contributed by atoms with Crippen LogP contribution in [-0.2, 0) is 12.1 Å². The van der Waals surface area contributed by atoms with Crippen molar-refractivity contribution in [1.29, 1.82) is 0 Å². The van der Waals surface area contributed by atoms with E-state index in [0.29, 0.717) is 5.92 Å². The number of aliphatic hydroxyl groups is 1. The Bertz CT molecular complexity index is 300. The van der Waals surface area contributed by atoms with Crippen LogP contribution >= 0.6 is 0 Å². The van der Waals surface area contributed by atoms with Gasteiger partial charge in [0.15, 0.2) is 0 Å². The van der Waals surface area contributed by atoms with Crippen molar-refractivity contribution < 1.29 is 5.11 Å². The number of imidazole rings is 1. The lowest BCUT2D eigenvalue weighted by molar-refractivity contribution is 0.0206. The summed E-state index contributed by atoms with van der Waals surface area (Å²) in [4.78, 5) is 4.23. The molecule has 0 bridgehead atoms. The van der Waals surface area contributed by atoms with Gasteiger partial charge >= 0.3 is 0 Å². The second kappa shape index (κ2) is 2.84. The summed E-state index contributed by atoms with van der Waals surface area (Å²) in [5.74, 6) is 1.23. The normalized spacial score (nSPS) is 21.5. The van der Waals surface area contributed by atoms with Crippen molar-refractivity contribution in [1.82, 2.24) is 9.55 Å². The highest BCUT2D eigenvalue weighted by atomic mass is 16.3. The minimum atomic E-state index is -0.723. The molecule has 3 nitrogen and oxygen atoms in total. The van der Waals surface area contributed by atoms with E-state index in [4.69, 9.17) is 0 Å². The van der Waals surface area contributed by atoms with Crippen LogP contribution in [0.15, 0.2) is 12.4 Å². The van der Waals surface area contributed by atoms with Crippen LogP contribution in [0.5, 0.6) is 0 Å². The van der Waals surface area contributed by atoms with E-state index in [1.54, 1.807) is 6.20 Å². The monoisotopic (exact) mass is 180 g/mol. The number of nitrogens with zero attached hydrogens (tertiary/aromatic N) is 2. The SMILES string of the molecule is CCn1ccnc1C(C)(O)C1CC1. The van der Waals surface area contributed by atoms with Gasteiger partial charge in [-0.05, 0) is 32.6 Å². The van der Waals surface area contributed by atoms with Gasteiger partial charge in [-0.1, -0.05) is 0 Å². The number of rotatable bonds is 3. The van der Waals surface area contributed by atoms with E-state index in [1.165, 1.54) is 0 Å². The van der Waals surface area contributed by atoms with Crippen molar-refractivity contribution in [2.24, 2.45) is 5.92 Å². The molecule has 0 spiro atoms. The molecule has 3 heteroatoms. The molecular formula is C10H16N2O. The van der Waals surface area contributed by atoms with Gasteiger partial charge in [-0.3, -0.25) is 0 Å². The summed E-state index contributed by atoms with van der Waals surface area (Å²) >= 11 is 0. The highest BCUT2D eigenvalue weighted by Gasteiger charge is 2.43. The number of aromatic nitrogens is 2. The Morgan fingerprint density at radius 2 is 2.38 bits per heavy atom. The van der Waals surface area contributed by atoms with Crippen molar-refractivity contribution >= 4 is 0 Å². The molecule has 1 saturated carbocycles. The van der Waals surface area contributed by atoms with Crippen LogP contribution in [-0.4, -0.2) is 14.7 Å². The zero-order valence-electron chi connectivity index (χ0n) is 8.20. The molecule has 1 atom stereocenters. The van der Waals surface area contributed by atoms with Gasteiger partial charge < -0.3 is 9.67 Å². The number of hydrogen-bond acceptors (Lipinski definition) is 2. The first-order valence-electron chi connectivity index (χ1n) is 4.90. The minimum absolute atomic E-state index is 0.417. The lowest BCUT2D eigenvalue weighted by atomic mass is 10.00. The lowest BCUT2D eigenvalue weighted by Gasteiger charge is -2.23. The van der Waals surface area contributed by atoms with Crippen molar-refractivity contribution in [2.75, 3.05) is 0 Å². The summed E-state index contributed by atoms with van der Waals surface area (Å²) in [6, 6.07) is 0. The Morgan fingerprint density at radius 3 is 2.92 bits per heavy atom. The van der Waals surface area contributed by atoms with Crippen LogP contribution in [0.3, 0.4) is 0 Å². The van der Waals surface area contributed by atoms with E-state index in [9.17, 15) is 5.11 Å². The summed E-state index contributed by atoms with van der Waals surface area (Å²) in [5, 5.41) is 10.2. The average Bonchev–Trinajstić information content (AvgIpc) is 2.84. The van der Waals surface area contributed by atoms with Crippen LogP contribution < -0.4 is 0 Å². The summed E-state index contributed by atoms with van der Waals surface area (Å²) in [5.41, 5.74) is -0.723. The van der Waals surface area contributed by atoms with Gasteiger partial charge in [-0.25, -0.2) is 4.98 Å². The molecule has 1 aromatic heterocycles. The zero-order valence-corrected chi connectivity index (χ0v) is 8.20. The second-order valence-corrected chi connectivity index (χ2v) is 3.96. The summed E-state index contributed by atoms with van der Waals surface area (Å²) in [7, 11) is 0. The van der Waals surface area contributed by atoms with Gasteiger partial charge in [0.1, 0.15) is 11.4 Å². The molecule has 13 heavy (non-hydrogen) atoms. The van der Waals surface area contributed by atoms with Crippen LogP contribution in [0.4, 0.5) is 0 Å². The van der Waals surface area contributed by atoms with E-state index < -0.39 is 5.60 Å². The zero-order chi connectivity index (χ0) is 9.47. The first kappa shape index (κ1) is 8.75. The quantitative estimate of drug-likeness (QED) is 0.765. The van der Waals surface area contributed by atoms with E-state index in [0.717, 1.165) is 25.2 Å². The molecule has 1 unspecified atom stereocenters. The summed E-state index contributed by atoms with van der Waals surface area (Å²) < 4.78 is 2.01. The molecule has 72 valence electrons. The van der Waals surface area contributed by atoms with Crippen molar-refractivity contribution in [3.8, 4) is 0 Å². The Labute approximate surface area is 78.4 Å². The van der Waals surface area contributed by atoms with E-state index >= 15 is 0 Å². The third-order valence-corrected chi connectivity index (χ3v) is 2.88. The fraction of sp³-hybridized carbons (Fsp3) is 0.700. The second-order valence-electron chi connectivity index (χ2n) is 3.96. The molecule has 0 saturated heterocycles. The Balaban J connectivity index is 2.32. The fourth-order valence-electron chi connectivity index (χ4n) is 1.83. The van der Waals surface area contributed by atoms with Gasteiger partial charge in [0.05, 0.1) is 0 Å². The molecule has 1 fully saturated rings. The van der Waals surface area contributed by atoms with Crippen molar-refractivity contribution in [2.45, 2.75) is 38.8 Å². The Hall–Kier alpha value is -0.830. The third kappa shape index (κ3) is 1.37. The molecule has 0 radical (unpaired) electrons. The first-order valence-corrected chi connectivity index (χ1v) is 4.90. The van der Waals surface area contributed by atoms with Crippen LogP contribution in [0.1, 0.15) is 32.5 Å². The van der Waals surface area contributed by atoms with Crippen LogP contribution in [0, 0.1) is 5.92 Å². The smallest absolute Gasteiger partial charge is 0.140 e. The number of aryl methyl sites for hydroxylation is 1. The van der Waals surface area contributed by atoms with Gasteiger partial charge in [-0.2, -0.15) is 0 Å². The molecule has 0 amide bonds. The summed E-state index contributed by atoms with van der Waals surface area (Å²) in [6.45, 7) is 4.81. The standard InChI is InChI=1S/C10H16N2O/c1-3-12-7-6-11-9(12)10(2,13)8-4-5-8/h6-8,13H,3-5H2,1-2H3. The average molecular weight is 180 g/mol. The Kier molecular flexibility index (Phi) is 1.91. The van der Waals surface area contributed by atoms with Gasteiger partial charge in [0.2, 0.25) is 0 Å². The van der Waals surface area contributed by atoms with E-state index in [1.807, 2.05) is 17.7 Å². The molecule has 1 aliphatic carbocycles. The number of hydrogen-bond donors (Lipinski definition) is 1. The maximum absolute atomic E-state index is 10.2. The molecule has 1 heterocycles. The molecule has 1 aromatic rings. The molecular weight excluding hydrogens is 164 g/mol. The largest absolute Gasteiger partial charge is 0.382 e. The maximum Gasteiger partial charge on any atom is 0.140 e. The first-order chi connectivity index (χ1) is 6.16. The minimum Gasteiger partial charge on any atom is -0.382 e. The van der Waals surface area contributed by atoms with E-state index in [2.05, 4.69) is 11.9 Å². The maximum atomic E-state index is 10.2. The van der Waals surface area contributed by atoms with Crippen LogP contribution in [0.2, 0.25) is 0 Å². The van der Waals surface area contributed by atoms with Crippen molar-refractivity contribution in [3.05, 3.63) is 18.2 Å². The fourth-order valence-corrected chi connectivity index (χ4v) is 1.83. The van der Waals surface area contributed by atoms with E-state index in [-0.39, 0.29) is 0 Å². The Morgan fingerprint density at radius 1 is 1.69 bits per heavy atom. The predicted octanol–water partition coefficient (Wildman–Crippen LogP) is 1.52. The van der Waals surface area contributed by atoms with Crippen molar-refractivity contribution in [3.63, 3.8) is 0 Å². The molecule has 2 rings (SSSR count). The predicted molar refractivity (Wildman–Crippen MR) is 50.2 cm³/mol. The van der Waals surface area contributed by atoms with Gasteiger partial charge in [0, 0.05) is 18.9 Å². The highest BCUT2D eigenvalue weighted by molar-refractivity contribution is 5.09.